The van der Waals surface area contributed by atoms with Crippen LogP contribution in [0, 0.1) is 11.3 Å². The Labute approximate surface area is 140 Å². The lowest BCUT2D eigenvalue weighted by molar-refractivity contribution is -0.112. The van der Waals surface area contributed by atoms with Gasteiger partial charge < -0.3 is 21.1 Å². The van der Waals surface area contributed by atoms with Crippen molar-refractivity contribution < 1.29 is 9.53 Å². The maximum Gasteiger partial charge on any atom is 0.267 e. The van der Waals surface area contributed by atoms with E-state index >= 15 is 0 Å². The van der Waals surface area contributed by atoms with Gasteiger partial charge in [-0.25, -0.2) is 0 Å². The molecule has 0 aliphatic heterocycles. The van der Waals surface area contributed by atoms with Crippen molar-refractivity contribution in [3.63, 3.8) is 0 Å². The molecule has 0 unspecified atom stereocenters. The number of rotatable bonds is 6. The topological polar surface area (TPSA) is 100 Å². The van der Waals surface area contributed by atoms with Gasteiger partial charge in [0.25, 0.3) is 5.91 Å². The summed E-state index contributed by atoms with van der Waals surface area (Å²) in [5.41, 5.74) is 7.46. The molecule has 0 saturated carbocycles. The first-order valence-electron chi connectivity index (χ1n) is 7.39. The number of nitrogens with zero attached hydrogens (tertiary/aromatic N) is 1. The number of nitrogens with two attached hydrogens (primary N) is 1. The summed E-state index contributed by atoms with van der Waals surface area (Å²) in [7, 11) is 0. The number of hydrogen-bond acceptors (Lipinski definition) is 5. The van der Waals surface area contributed by atoms with E-state index in [1.54, 1.807) is 48.5 Å². The highest BCUT2D eigenvalue weighted by Gasteiger charge is 2.09. The van der Waals surface area contributed by atoms with Crippen LogP contribution in [-0.4, -0.2) is 12.5 Å². The lowest BCUT2D eigenvalue weighted by Gasteiger charge is -2.06. The van der Waals surface area contributed by atoms with Gasteiger partial charge in [0.1, 0.15) is 17.4 Å². The summed E-state index contributed by atoms with van der Waals surface area (Å²) in [6.07, 6.45) is 1.36. The summed E-state index contributed by atoms with van der Waals surface area (Å²) in [5, 5.41) is 14.7. The van der Waals surface area contributed by atoms with Gasteiger partial charge in [-0.15, -0.1) is 0 Å². The molecule has 0 bridgehead atoms. The van der Waals surface area contributed by atoms with E-state index in [1.807, 2.05) is 13.0 Å². The molecule has 4 N–H and O–H groups in total. The zero-order chi connectivity index (χ0) is 17.4. The number of nitrogen functional groups attached to an aromatic ring is 1. The van der Waals surface area contributed by atoms with E-state index in [9.17, 15) is 4.79 Å². The van der Waals surface area contributed by atoms with Crippen molar-refractivity contribution in [3.05, 3.63) is 60.3 Å². The SMILES string of the molecule is CCOc1ccc(N/C=C(/C#N)C(=O)Nc2ccc(N)cc2)cc1. The second kappa shape index (κ2) is 8.25. The number of benzene rings is 2. The van der Waals surface area contributed by atoms with Crippen molar-refractivity contribution in [1.29, 1.82) is 5.26 Å². The van der Waals surface area contributed by atoms with E-state index in [0.29, 0.717) is 18.0 Å². The first kappa shape index (κ1) is 16.9. The highest BCUT2D eigenvalue weighted by atomic mass is 16.5. The van der Waals surface area contributed by atoms with E-state index in [1.165, 1.54) is 6.20 Å². The average Bonchev–Trinajstić information content (AvgIpc) is 2.59. The molecule has 0 heterocycles. The van der Waals surface area contributed by atoms with E-state index in [0.717, 1.165) is 11.4 Å². The maximum absolute atomic E-state index is 12.1. The van der Waals surface area contributed by atoms with Crippen LogP contribution < -0.4 is 21.1 Å². The number of carbonyl (C=O) groups is 1. The monoisotopic (exact) mass is 322 g/mol. The van der Waals surface area contributed by atoms with Gasteiger partial charge in [-0.3, -0.25) is 4.79 Å². The molecule has 0 aliphatic rings. The minimum Gasteiger partial charge on any atom is -0.494 e. The Kier molecular flexibility index (Phi) is 5.81. The van der Waals surface area contributed by atoms with Crippen molar-refractivity contribution in [3.8, 4) is 11.8 Å². The Morgan fingerprint density at radius 1 is 1.17 bits per heavy atom. The number of nitrogens with one attached hydrogen (secondary N) is 2. The van der Waals surface area contributed by atoms with E-state index < -0.39 is 5.91 Å². The van der Waals surface area contributed by atoms with E-state index in [-0.39, 0.29) is 5.57 Å². The van der Waals surface area contributed by atoms with Crippen LogP contribution >= 0.6 is 0 Å². The van der Waals surface area contributed by atoms with Crippen LogP contribution in [0.25, 0.3) is 0 Å². The quantitative estimate of drug-likeness (QED) is 0.431. The fraction of sp³-hybridized carbons (Fsp3) is 0.111. The predicted octanol–water partition coefficient (Wildman–Crippen LogP) is 3.13. The predicted molar refractivity (Wildman–Crippen MR) is 94.4 cm³/mol. The fourth-order valence-corrected chi connectivity index (χ4v) is 1.88. The number of carbonyl (C=O) groups excluding carboxylic acids is 1. The summed E-state index contributed by atoms with van der Waals surface area (Å²) in [6, 6.07) is 15.8. The van der Waals surface area contributed by atoms with Gasteiger partial charge in [0.2, 0.25) is 0 Å². The highest BCUT2D eigenvalue weighted by Crippen LogP contribution is 2.16. The molecule has 0 aromatic heterocycles. The highest BCUT2D eigenvalue weighted by molar-refractivity contribution is 6.06. The molecular formula is C18H18N4O2. The van der Waals surface area contributed by atoms with Gasteiger partial charge in [-0.2, -0.15) is 5.26 Å². The first-order chi connectivity index (χ1) is 11.6. The van der Waals surface area contributed by atoms with Crippen molar-refractivity contribution in [2.24, 2.45) is 0 Å². The molecule has 6 heteroatoms. The van der Waals surface area contributed by atoms with Crippen LogP contribution in [0.4, 0.5) is 17.1 Å². The molecule has 122 valence electrons. The molecule has 2 rings (SSSR count). The maximum atomic E-state index is 12.1. The van der Waals surface area contributed by atoms with Gasteiger partial charge in [0, 0.05) is 23.3 Å². The molecule has 0 radical (unpaired) electrons. The fourth-order valence-electron chi connectivity index (χ4n) is 1.88. The normalized spacial score (nSPS) is 10.6. The Bertz CT molecular complexity index is 759. The van der Waals surface area contributed by atoms with Crippen LogP contribution in [-0.2, 0) is 4.79 Å². The van der Waals surface area contributed by atoms with Crippen molar-refractivity contribution >= 4 is 23.0 Å². The molecule has 2 aromatic rings. The summed E-state index contributed by atoms with van der Waals surface area (Å²) >= 11 is 0. The zero-order valence-corrected chi connectivity index (χ0v) is 13.2. The van der Waals surface area contributed by atoms with Gasteiger partial charge >= 0.3 is 0 Å². The van der Waals surface area contributed by atoms with Gasteiger partial charge in [0.05, 0.1) is 6.61 Å². The molecule has 1 amide bonds. The Morgan fingerprint density at radius 3 is 2.38 bits per heavy atom. The minimum absolute atomic E-state index is 0.0410. The standard InChI is InChI=1S/C18H18N4O2/c1-2-24-17-9-7-15(8-10-17)21-12-13(11-19)18(23)22-16-5-3-14(20)4-6-16/h3-10,12,21H,2,20H2,1H3,(H,22,23)/b13-12-. The van der Waals surface area contributed by atoms with Crippen LogP contribution in [0.3, 0.4) is 0 Å². The zero-order valence-electron chi connectivity index (χ0n) is 13.2. The number of ether oxygens (including phenoxy) is 1. The number of hydrogen-bond donors (Lipinski definition) is 3. The molecule has 0 spiro atoms. The van der Waals surface area contributed by atoms with Crippen LogP contribution in [0.1, 0.15) is 6.92 Å². The average molecular weight is 322 g/mol. The lowest BCUT2D eigenvalue weighted by atomic mass is 10.2. The summed E-state index contributed by atoms with van der Waals surface area (Å²) in [4.78, 5) is 12.1. The molecule has 6 nitrogen and oxygen atoms in total. The van der Waals surface area contributed by atoms with Crippen molar-refractivity contribution in [2.45, 2.75) is 6.92 Å². The Morgan fingerprint density at radius 2 is 1.79 bits per heavy atom. The van der Waals surface area contributed by atoms with Gasteiger partial charge in [-0.1, -0.05) is 0 Å². The van der Waals surface area contributed by atoms with Gasteiger partial charge in [-0.05, 0) is 55.5 Å². The Hall–Kier alpha value is -3.46. The van der Waals surface area contributed by atoms with Crippen LogP contribution in [0.5, 0.6) is 5.75 Å². The molecule has 0 fully saturated rings. The third-order valence-electron chi connectivity index (χ3n) is 3.08. The number of anilines is 3. The van der Waals surface area contributed by atoms with Gasteiger partial charge in [0.15, 0.2) is 0 Å². The van der Waals surface area contributed by atoms with Crippen molar-refractivity contribution in [2.75, 3.05) is 23.0 Å². The molecule has 0 aliphatic carbocycles. The van der Waals surface area contributed by atoms with E-state index in [4.69, 9.17) is 15.7 Å². The summed E-state index contributed by atoms with van der Waals surface area (Å²) in [6.45, 7) is 2.50. The smallest absolute Gasteiger partial charge is 0.267 e. The van der Waals surface area contributed by atoms with Crippen LogP contribution in [0.15, 0.2) is 60.3 Å². The first-order valence-corrected chi connectivity index (χ1v) is 7.39. The molecule has 24 heavy (non-hydrogen) atoms. The Balaban J connectivity index is 2.01. The summed E-state index contributed by atoms with van der Waals surface area (Å²) in [5.74, 6) is 0.259. The molecule has 2 aromatic carbocycles. The van der Waals surface area contributed by atoms with Crippen molar-refractivity contribution in [1.82, 2.24) is 0 Å². The molecular weight excluding hydrogens is 304 g/mol. The second-order valence-corrected chi connectivity index (χ2v) is 4.85. The number of nitriles is 1. The lowest BCUT2D eigenvalue weighted by Crippen LogP contribution is -2.14. The molecule has 0 atom stereocenters. The minimum atomic E-state index is -0.499. The van der Waals surface area contributed by atoms with E-state index in [2.05, 4.69) is 10.6 Å². The molecule has 0 saturated heterocycles. The van der Waals surface area contributed by atoms with Crippen LogP contribution in [0.2, 0.25) is 0 Å². The third-order valence-corrected chi connectivity index (χ3v) is 3.08. The second-order valence-electron chi connectivity index (χ2n) is 4.85. The third kappa shape index (κ3) is 4.78. The largest absolute Gasteiger partial charge is 0.494 e. The summed E-state index contributed by atoms with van der Waals surface area (Å²) < 4.78 is 5.35. The number of amides is 1.